The molecule has 0 saturated heterocycles. The van der Waals surface area contributed by atoms with E-state index in [0.717, 1.165) is 94.7 Å². The molecular formula is C96H202. The third-order valence-corrected chi connectivity index (χ3v) is 26.2. The van der Waals surface area contributed by atoms with E-state index in [-0.39, 0.29) is 0 Å². The van der Waals surface area contributed by atoms with E-state index in [2.05, 4.69) is 249 Å². The first kappa shape index (κ1) is 105. The molecule has 586 valence electrons. The molecule has 0 aromatic heterocycles. The van der Waals surface area contributed by atoms with Gasteiger partial charge in [0.25, 0.3) is 0 Å². The van der Waals surface area contributed by atoms with E-state index < -0.39 is 0 Å². The molecule has 0 radical (unpaired) electrons. The smallest absolute Gasteiger partial charge is 0.0323 e. The van der Waals surface area contributed by atoms with Gasteiger partial charge in [-0.15, -0.1) is 0 Å². The molecule has 0 spiro atoms. The Hall–Kier alpha value is 0. The van der Waals surface area contributed by atoms with Gasteiger partial charge >= 0.3 is 0 Å². The average molecular weight is 1360 g/mol. The monoisotopic (exact) mass is 1360 g/mol. The minimum atomic E-state index is 0.550. The van der Waals surface area contributed by atoms with E-state index in [1.54, 1.807) is 0 Å². The Balaban J connectivity index is -0.000000315. The van der Waals surface area contributed by atoms with Gasteiger partial charge in [-0.1, -0.05) is 461 Å². The van der Waals surface area contributed by atoms with Crippen LogP contribution in [0.2, 0.25) is 0 Å². The molecule has 6 atom stereocenters. The van der Waals surface area contributed by atoms with Crippen molar-refractivity contribution in [3.8, 4) is 0 Å². The van der Waals surface area contributed by atoms with Gasteiger partial charge in [-0.3, -0.25) is 0 Å². The fourth-order valence-corrected chi connectivity index (χ4v) is 15.3. The zero-order valence-electron chi connectivity index (χ0n) is 75.3. The Morgan fingerprint density at radius 3 is 0.885 bits per heavy atom. The summed E-state index contributed by atoms with van der Waals surface area (Å²) in [4.78, 5) is 0. The first-order valence-electron chi connectivity index (χ1n) is 44.5. The Morgan fingerprint density at radius 2 is 0.698 bits per heavy atom. The average Bonchev–Trinajstić information content (AvgIpc) is 0.886. The summed E-state index contributed by atoms with van der Waals surface area (Å²) in [5, 5.41) is 0. The molecular weight excluding hydrogens is 1150 g/mol. The Bertz CT molecular complexity index is 1490. The molecule has 96 heavy (non-hydrogen) atoms. The summed E-state index contributed by atoms with van der Waals surface area (Å²) in [6.07, 6.45) is 55.7. The summed E-state index contributed by atoms with van der Waals surface area (Å²) < 4.78 is 0. The van der Waals surface area contributed by atoms with Crippen LogP contribution in [0.5, 0.6) is 0 Å². The van der Waals surface area contributed by atoms with Crippen molar-refractivity contribution < 1.29 is 0 Å². The molecule has 7 saturated carbocycles. The highest BCUT2D eigenvalue weighted by molar-refractivity contribution is 4.90. The second-order valence-corrected chi connectivity index (χ2v) is 40.0. The second-order valence-electron chi connectivity index (χ2n) is 40.0. The topological polar surface area (TPSA) is 0 Å². The largest absolute Gasteiger partial charge is 0.0654 e. The third kappa shape index (κ3) is 61.5. The molecule has 0 heterocycles. The van der Waals surface area contributed by atoms with Crippen LogP contribution in [-0.4, -0.2) is 0 Å². The summed E-state index contributed by atoms with van der Waals surface area (Å²) in [5.41, 5.74) is 2.99. The lowest BCUT2D eigenvalue weighted by molar-refractivity contribution is 0.0286. The van der Waals surface area contributed by atoms with Gasteiger partial charge in [-0.05, 0) is 160 Å². The fourth-order valence-electron chi connectivity index (χ4n) is 15.3. The van der Waals surface area contributed by atoms with Gasteiger partial charge in [-0.2, -0.15) is 0 Å². The van der Waals surface area contributed by atoms with Gasteiger partial charge in [0, 0.05) is 0 Å². The maximum Gasteiger partial charge on any atom is -0.0323 e. The molecule has 3 unspecified atom stereocenters. The summed E-state index contributed by atoms with van der Waals surface area (Å²) >= 11 is 0. The van der Waals surface area contributed by atoms with Gasteiger partial charge < -0.3 is 0 Å². The summed E-state index contributed by atoms with van der Waals surface area (Å²) in [7, 11) is 0. The molecule has 0 aromatic rings. The van der Waals surface area contributed by atoms with Crippen LogP contribution in [0.15, 0.2) is 0 Å². The van der Waals surface area contributed by atoms with Crippen molar-refractivity contribution in [3.05, 3.63) is 0 Å². The zero-order valence-corrected chi connectivity index (χ0v) is 75.3. The molecule has 0 aliphatic heterocycles. The first-order chi connectivity index (χ1) is 44.5. The Morgan fingerprint density at radius 1 is 0.344 bits per heavy atom. The van der Waals surface area contributed by atoms with Crippen LogP contribution in [0.4, 0.5) is 0 Å². The normalized spacial score (nSPS) is 24.6. The quantitative estimate of drug-likeness (QED) is 0.153. The molecule has 0 heteroatoms. The van der Waals surface area contributed by atoms with Crippen molar-refractivity contribution in [3.63, 3.8) is 0 Å². The lowest BCUT2D eigenvalue weighted by atomic mass is 9.58. The standard InChI is InChI=1S/C11H22.3C9H18.2C8H16.C7H14.5C7H16/c1-9-10(2,3)7-6-8-11(9,4)5;1-8-4-6-9(2,3)7-5-8;1-8-6-4-5-7-9(8,2)3;1-7-5-4-6-8(2)9(7)3;1-7-5-3-4-6-8(7)2;1-7(2)8-5-3-4-6-8;1-6(2)7-4-3-5-7;1-5-6-7(2,3)4;2*1-4-5-6-7(2)3;1-4-6-7(3)5-2;1-4-7(5-2)6-3/h9H,6-8H2,1-5H3;2*8H,4-7H2,1-3H3;7-9H,4-6H2,1-3H3;2*7-8H,3-6H2,1-2H3;6-7H,3-5H2,1-2H3;5-6H2,1-4H3;4*7H,4-6H2,1-3H3/t;;8-;;7-,8?;;;;;;7-;/m..1.1.....1./s1. The highest BCUT2D eigenvalue weighted by Crippen LogP contribution is 2.50. The van der Waals surface area contributed by atoms with Crippen molar-refractivity contribution in [1.82, 2.24) is 0 Å². The lowest BCUT2D eigenvalue weighted by Gasteiger charge is -2.47. The van der Waals surface area contributed by atoms with Crippen LogP contribution in [0.3, 0.4) is 0 Å². The predicted molar refractivity (Wildman–Crippen MR) is 452 cm³/mol. The van der Waals surface area contributed by atoms with Gasteiger partial charge in [0.15, 0.2) is 0 Å². The zero-order chi connectivity index (χ0) is 75.3. The van der Waals surface area contributed by atoms with E-state index in [0.29, 0.717) is 27.1 Å². The summed E-state index contributed by atoms with van der Waals surface area (Å²) in [6.45, 7) is 83.9. The highest BCUT2D eigenvalue weighted by atomic mass is 14.5. The maximum absolute atomic E-state index is 2.42. The molecule has 7 aliphatic carbocycles. The van der Waals surface area contributed by atoms with Crippen LogP contribution >= 0.6 is 0 Å². The third-order valence-electron chi connectivity index (χ3n) is 26.2. The molecule has 7 rings (SSSR count). The number of rotatable bonds is 15. The van der Waals surface area contributed by atoms with Gasteiger partial charge in [-0.25, -0.2) is 0 Å². The van der Waals surface area contributed by atoms with E-state index >= 15 is 0 Å². The van der Waals surface area contributed by atoms with Crippen LogP contribution in [0.1, 0.15) is 500 Å². The van der Waals surface area contributed by atoms with Crippen molar-refractivity contribution in [2.45, 2.75) is 500 Å². The van der Waals surface area contributed by atoms with E-state index in [4.69, 9.17) is 0 Å². The second kappa shape index (κ2) is 61.3. The van der Waals surface area contributed by atoms with E-state index in [1.807, 2.05) is 0 Å². The van der Waals surface area contributed by atoms with Crippen LogP contribution in [-0.2, 0) is 0 Å². The highest BCUT2D eigenvalue weighted by Gasteiger charge is 2.40. The number of unbranched alkanes of at least 4 members (excludes halogenated alkanes) is 2. The Kier molecular flexibility index (Phi) is 66.8. The van der Waals surface area contributed by atoms with Crippen molar-refractivity contribution in [1.29, 1.82) is 0 Å². The maximum atomic E-state index is 2.42. The molecule has 0 N–H and O–H groups in total. The molecule has 0 amide bonds. The van der Waals surface area contributed by atoms with Crippen molar-refractivity contribution >= 4 is 0 Å². The molecule has 7 fully saturated rings. The van der Waals surface area contributed by atoms with Gasteiger partial charge in [0.1, 0.15) is 0 Å². The fraction of sp³-hybridized carbons (Fsp3) is 1.00. The van der Waals surface area contributed by atoms with Crippen molar-refractivity contribution in [2.24, 2.45) is 122 Å². The first-order valence-corrected chi connectivity index (χ1v) is 44.5. The minimum Gasteiger partial charge on any atom is -0.0654 e. The predicted octanol–water partition coefficient (Wildman–Crippen LogP) is 35.7. The van der Waals surface area contributed by atoms with E-state index in [9.17, 15) is 0 Å². The van der Waals surface area contributed by atoms with Crippen LogP contribution in [0.25, 0.3) is 0 Å². The van der Waals surface area contributed by atoms with Crippen LogP contribution < -0.4 is 0 Å². The SMILES string of the molecule is CC(C)C1CCC1.CC(C)C1CCCC1.CC1C(C)(C)CCCC1(C)C.CC1CCC(C)(C)CC1.CC1CCCC(C)C1C.CC1CCCC[C@H]1C.CCC(CC)CC.CCCC(C)(C)C.CCCCC(C)C.CCCCC(C)C.CCC[C@H](C)CC.C[C@@H]1CCCCC1(C)C. The number of hydrogen-bond donors (Lipinski definition) is 0. The molecule has 0 bridgehead atoms. The minimum absolute atomic E-state index is 0.550. The van der Waals surface area contributed by atoms with Crippen molar-refractivity contribution in [2.75, 3.05) is 0 Å². The van der Waals surface area contributed by atoms with E-state index in [1.165, 1.54) is 250 Å². The van der Waals surface area contributed by atoms with Gasteiger partial charge in [0.2, 0.25) is 0 Å². The molecule has 0 nitrogen and oxygen atoms in total. The number of hydrogen-bond acceptors (Lipinski definition) is 0. The summed E-state index contributed by atoms with van der Waals surface area (Å²) in [6, 6.07) is 0. The summed E-state index contributed by atoms with van der Waals surface area (Å²) in [5.74, 6) is 15.5. The molecule has 0 aromatic carbocycles. The van der Waals surface area contributed by atoms with Crippen LogP contribution in [0, 0.1) is 122 Å². The lowest BCUT2D eigenvalue weighted by Crippen LogP contribution is -2.38. The Labute approximate surface area is 617 Å². The molecule has 7 aliphatic rings. The van der Waals surface area contributed by atoms with Gasteiger partial charge in [0.05, 0.1) is 0 Å².